The summed E-state index contributed by atoms with van der Waals surface area (Å²) < 4.78 is 16.3. The summed E-state index contributed by atoms with van der Waals surface area (Å²) in [6.07, 6.45) is 6.82. The standard InChI is InChI=1S/C15H28O/c1-3-4-6-9-13(2)12-15(16)14-10-7-5-8-11-14/h14-16H,2-12H2,1H3/i12D2. The molecule has 1 fully saturated rings. The van der Waals surface area contributed by atoms with Crippen molar-refractivity contribution in [3.63, 3.8) is 0 Å². The van der Waals surface area contributed by atoms with Crippen LogP contribution < -0.4 is 0 Å². The number of aliphatic hydroxyl groups excluding tert-OH is 1. The molecular weight excluding hydrogens is 196 g/mol. The van der Waals surface area contributed by atoms with Crippen molar-refractivity contribution in [3.05, 3.63) is 12.2 Å². The summed E-state index contributed by atoms with van der Waals surface area (Å²) in [6.45, 7) is 6.01. The molecule has 1 aliphatic rings. The van der Waals surface area contributed by atoms with Crippen molar-refractivity contribution in [3.8, 4) is 0 Å². The summed E-state index contributed by atoms with van der Waals surface area (Å²) in [5.41, 5.74) is 0.578. The molecule has 1 N–H and O–H groups in total. The second-order valence-corrected chi connectivity index (χ2v) is 5.05. The number of hydrogen-bond acceptors (Lipinski definition) is 1. The third kappa shape index (κ3) is 5.16. The van der Waals surface area contributed by atoms with Crippen LogP contribution in [0.3, 0.4) is 0 Å². The summed E-state index contributed by atoms with van der Waals surface area (Å²) in [4.78, 5) is 0. The first-order valence-electron chi connectivity index (χ1n) is 7.86. The van der Waals surface area contributed by atoms with Gasteiger partial charge in [0.05, 0.1) is 6.10 Å². The third-order valence-electron chi connectivity index (χ3n) is 3.53. The molecule has 1 heteroatoms. The normalized spacial score (nSPS) is 22.4. The first-order chi connectivity index (χ1) is 8.50. The lowest BCUT2D eigenvalue weighted by molar-refractivity contribution is 0.0844. The Morgan fingerprint density at radius 2 is 2.06 bits per heavy atom. The van der Waals surface area contributed by atoms with Crippen molar-refractivity contribution in [1.82, 2.24) is 0 Å². The fourth-order valence-corrected chi connectivity index (χ4v) is 2.44. The number of aliphatic hydroxyl groups is 1. The van der Waals surface area contributed by atoms with E-state index in [0.717, 1.165) is 44.9 Å². The van der Waals surface area contributed by atoms with Gasteiger partial charge in [0.2, 0.25) is 0 Å². The summed E-state index contributed by atoms with van der Waals surface area (Å²) in [5.74, 6) is 0.122. The highest BCUT2D eigenvalue weighted by molar-refractivity contribution is 4.97. The number of unbranched alkanes of at least 4 members (excludes halogenated alkanes) is 2. The number of rotatable bonds is 7. The van der Waals surface area contributed by atoms with Crippen LogP contribution in [0, 0.1) is 5.92 Å². The van der Waals surface area contributed by atoms with E-state index in [-0.39, 0.29) is 5.92 Å². The molecular formula is C15H28O. The van der Waals surface area contributed by atoms with Gasteiger partial charge in [0.15, 0.2) is 0 Å². The molecule has 1 rings (SSSR count). The first kappa shape index (κ1) is 10.8. The van der Waals surface area contributed by atoms with Crippen LogP contribution in [0.25, 0.3) is 0 Å². The Kier molecular flexibility index (Phi) is 5.34. The molecule has 1 nitrogen and oxygen atoms in total. The lowest BCUT2D eigenvalue weighted by Crippen LogP contribution is -2.23. The maximum absolute atomic E-state index is 10.3. The van der Waals surface area contributed by atoms with E-state index in [9.17, 15) is 5.11 Å². The minimum absolute atomic E-state index is 0.122. The summed E-state index contributed by atoms with van der Waals surface area (Å²) in [6, 6.07) is 0. The highest BCUT2D eigenvalue weighted by atomic mass is 16.3. The SMILES string of the molecule is [2H]C([2H])(C(=C)CCCCC)C(O)C1CCCCC1. The highest BCUT2D eigenvalue weighted by Gasteiger charge is 2.21. The Labute approximate surface area is 104 Å². The molecule has 0 amide bonds. The van der Waals surface area contributed by atoms with Crippen LogP contribution in [0.2, 0.25) is 0 Å². The van der Waals surface area contributed by atoms with Crippen molar-refractivity contribution in [2.45, 2.75) is 77.2 Å². The van der Waals surface area contributed by atoms with Crippen LogP contribution in [0.4, 0.5) is 0 Å². The Hall–Kier alpha value is -0.300. The molecule has 1 aliphatic carbocycles. The van der Waals surface area contributed by atoms with E-state index in [1.807, 2.05) is 0 Å². The van der Waals surface area contributed by atoms with Crippen molar-refractivity contribution >= 4 is 0 Å². The smallest absolute Gasteiger partial charge is 0.0605 e. The van der Waals surface area contributed by atoms with Crippen LogP contribution in [0.15, 0.2) is 12.2 Å². The van der Waals surface area contributed by atoms with Crippen LogP contribution >= 0.6 is 0 Å². The first-order valence-corrected chi connectivity index (χ1v) is 6.86. The fraction of sp³-hybridized carbons (Fsp3) is 0.867. The molecule has 0 heterocycles. The van der Waals surface area contributed by atoms with Crippen molar-refractivity contribution in [2.24, 2.45) is 5.92 Å². The van der Waals surface area contributed by atoms with E-state index < -0.39 is 12.5 Å². The molecule has 0 bridgehead atoms. The van der Waals surface area contributed by atoms with Gasteiger partial charge in [0.25, 0.3) is 0 Å². The maximum Gasteiger partial charge on any atom is 0.0605 e. The summed E-state index contributed by atoms with van der Waals surface area (Å²) >= 11 is 0. The Bertz CT molecular complexity index is 257. The van der Waals surface area contributed by atoms with Crippen LogP contribution in [0.5, 0.6) is 0 Å². The zero-order chi connectivity index (χ0) is 13.6. The minimum atomic E-state index is -1.62. The van der Waals surface area contributed by atoms with E-state index in [1.165, 1.54) is 6.42 Å². The van der Waals surface area contributed by atoms with Crippen molar-refractivity contribution < 1.29 is 7.85 Å². The van der Waals surface area contributed by atoms with E-state index in [1.54, 1.807) is 0 Å². The van der Waals surface area contributed by atoms with Gasteiger partial charge in [-0.1, -0.05) is 51.2 Å². The molecule has 0 aromatic rings. The Balaban J connectivity index is 2.51. The Morgan fingerprint density at radius 1 is 1.38 bits per heavy atom. The predicted molar refractivity (Wildman–Crippen MR) is 70.5 cm³/mol. The van der Waals surface area contributed by atoms with Gasteiger partial charge in [-0.25, -0.2) is 0 Å². The zero-order valence-electron chi connectivity index (χ0n) is 12.7. The average molecular weight is 226 g/mol. The molecule has 1 saturated carbocycles. The number of hydrogen-bond donors (Lipinski definition) is 1. The molecule has 1 unspecified atom stereocenters. The van der Waals surface area contributed by atoms with Gasteiger partial charge in [-0.05, 0) is 38.0 Å². The van der Waals surface area contributed by atoms with Gasteiger partial charge >= 0.3 is 0 Å². The van der Waals surface area contributed by atoms with Gasteiger partial charge in [0.1, 0.15) is 0 Å². The largest absolute Gasteiger partial charge is 0.393 e. The second kappa shape index (κ2) is 7.89. The maximum atomic E-state index is 10.3. The summed E-state index contributed by atoms with van der Waals surface area (Å²) in [7, 11) is 0. The molecule has 94 valence electrons. The van der Waals surface area contributed by atoms with E-state index in [4.69, 9.17) is 2.74 Å². The molecule has 0 saturated heterocycles. The average Bonchev–Trinajstić information content (AvgIpc) is 2.39. The van der Waals surface area contributed by atoms with Gasteiger partial charge in [-0.2, -0.15) is 0 Å². The van der Waals surface area contributed by atoms with E-state index in [0.29, 0.717) is 12.0 Å². The van der Waals surface area contributed by atoms with Crippen molar-refractivity contribution in [2.75, 3.05) is 0 Å². The Morgan fingerprint density at radius 3 is 2.69 bits per heavy atom. The van der Waals surface area contributed by atoms with Gasteiger partial charge in [-0.3, -0.25) is 0 Å². The van der Waals surface area contributed by atoms with E-state index >= 15 is 0 Å². The lowest BCUT2D eigenvalue weighted by atomic mass is 9.83. The molecule has 0 radical (unpaired) electrons. The van der Waals surface area contributed by atoms with Crippen molar-refractivity contribution in [1.29, 1.82) is 0 Å². The predicted octanol–water partition coefficient (Wildman–Crippen LogP) is 4.45. The topological polar surface area (TPSA) is 20.2 Å². The van der Waals surface area contributed by atoms with Crippen LogP contribution in [-0.4, -0.2) is 11.2 Å². The molecule has 0 aliphatic heterocycles. The quantitative estimate of drug-likeness (QED) is 0.502. The van der Waals surface area contributed by atoms with E-state index in [2.05, 4.69) is 13.5 Å². The molecule has 0 aromatic carbocycles. The van der Waals surface area contributed by atoms with Crippen LogP contribution in [0.1, 0.15) is 73.8 Å². The second-order valence-electron chi connectivity index (χ2n) is 5.05. The van der Waals surface area contributed by atoms with Gasteiger partial charge < -0.3 is 5.11 Å². The molecule has 0 spiro atoms. The monoisotopic (exact) mass is 226 g/mol. The lowest BCUT2D eigenvalue weighted by Gasteiger charge is -2.27. The fourth-order valence-electron chi connectivity index (χ4n) is 2.44. The molecule has 0 aromatic heterocycles. The zero-order valence-corrected chi connectivity index (χ0v) is 10.7. The third-order valence-corrected chi connectivity index (χ3v) is 3.53. The minimum Gasteiger partial charge on any atom is -0.393 e. The summed E-state index contributed by atoms with van der Waals surface area (Å²) in [5, 5.41) is 10.3. The highest BCUT2D eigenvalue weighted by Crippen LogP contribution is 2.29. The molecule has 1 atom stereocenters. The van der Waals surface area contributed by atoms with Crippen LogP contribution in [-0.2, 0) is 0 Å². The van der Waals surface area contributed by atoms with Gasteiger partial charge in [-0.15, -0.1) is 0 Å². The molecule has 16 heavy (non-hydrogen) atoms. The van der Waals surface area contributed by atoms with Gasteiger partial charge in [0, 0.05) is 2.74 Å².